The number of rotatable bonds is 5. The van der Waals surface area contributed by atoms with Crippen molar-refractivity contribution in [3.63, 3.8) is 0 Å². The van der Waals surface area contributed by atoms with E-state index in [2.05, 4.69) is 12.2 Å². The Kier molecular flexibility index (Phi) is 4.06. The first-order chi connectivity index (χ1) is 10.8. The topological polar surface area (TPSA) is 51.5 Å². The third kappa shape index (κ3) is 2.67. The van der Waals surface area contributed by atoms with E-state index < -0.39 is 0 Å². The predicted molar refractivity (Wildman–Crippen MR) is 84.2 cm³/mol. The van der Waals surface area contributed by atoms with E-state index in [1.54, 1.807) is 14.2 Å². The number of ether oxygens (including phenoxy) is 3. The summed E-state index contributed by atoms with van der Waals surface area (Å²) in [7, 11) is 3.25. The molecule has 1 aromatic carbocycles. The van der Waals surface area contributed by atoms with Crippen molar-refractivity contribution in [2.24, 2.45) is 5.92 Å². The van der Waals surface area contributed by atoms with E-state index in [0.717, 1.165) is 16.9 Å². The van der Waals surface area contributed by atoms with Gasteiger partial charge in [-0.15, -0.1) is 0 Å². The molecule has 22 heavy (non-hydrogen) atoms. The van der Waals surface area contributed by atoms with E-state index in [1.807, 2.05) is 18.2 Å². The summed E-state index contributed by atoms with van der Waals surface area (Å²) in [6.45, 7) is 0. The van der Waals surface area contributed by atoms with Crippen molar-refractivity contribution in [1.29, 1.82) is 5.26 Å². The molecule has 2 aliphatic rings. The minimum absolute atomic E-state index is 0.121. The SMILES string of the molecule is COc1cc(CC=CC#N)c2c(c1OC)OC(C1CC1)C=C2. The zero-order chi connectivity index (χ0) is 15.5. The van der Waals surface area contributed by atoms with Crippen LogP contribution in [0.15, 0.2) is 24.3 Å². The third-order valence-electron chi connectivity index (χ3n) is 4.07. The van der Waals surface area contributed by atoms with Crippen molar-refractivity contribution in [3.8, 4) is 23.3 Å². The fourth-order valence-electron chi connectivity index (χ4n) is 2.78. The Morgan fingerprint density at radius 1 is 1.36 bits per heavy atom. The minimum Gasteiger partial charge on any atom is -0.493 e. The summed E-state index contributed by atoms with van der Waals surface area (Å²) in [6.07, 6.45) is 10.8. The van der Waals surface area contributed by atoms with E-state index in [9.17, 15) is 0 Å². The number of nitrogens with zero attached hydrogens (tertiary/aromatic N) is 1. The van der Waals surface area contributed by atoms with Crippen molar-refractivity contribution in [1.82, 2.24) is 0 Å². The molecule has 114 valence electrons. The standard InChI is InChI=1S/C18H19NO3/c1-20-16-11-13(5-3-4-10-19)14-8-9-15(12-6-7-12)22-17(14)18(16)21-2/h3-4,8-9,11-12,15H,5-7H2,1-2H3. The highest BCUT2D eigenvalue weighted by Crippen LogP contribution is 2.47. The first kappa shape index (κ1) is 14.5. The van der Waals surface area contributed by atoms with Crippen molar-refractivity contribution in [3.05, 3.63) is 35.4 Å². The molecule has 1 atom stereocenters. The maximum Gasteiger partial charge on any atom is 0.203 e. The summed E-state index contributed by atoms with van der Waals surface area (Å²) >= 11 is 0. The lowest BCUT2D eigenvalue weighted by Gasteiger charge is -2.26. The number of hydrogen-bond donors (Lipinski definition) is 0. The Morgan fingerprint density at radius 2 is 2.18 bits per heavy atom. The molecule has 1 aliphatic carbocycles. The first-order valence-corrected chi connectivity index (χ1v) is 7.45. The zero-order valence-corrected chi connectivity index (χ0v) is 12.8. The van der Waals surface area contributed by atoms with Crippen molar-refractivity contribution in [2.45, 2.75) is 25.4 Å². The van der Waals surface area contributed by atoms with E-state index in [4.69, 9.17) is 19.5 Å². The molecule has 4 heteroatoms. The quantitative estimate of drug-likeness (QED) is 0.780. The number of benzene rings is 1. The van der Waals surface area contributed by atoms with Gasteiger partial charge in [0.1, 0.15) is 6.10 Å². The van der Waals surface area contributed by atoms with Crippen molar-refractivity contribution in [2.75, 3.05) is 14.2 Å². The van der Waals surface area contributed by atoms with Crippen LogP contribution >= 0.6 is 0 Å². The van der Waals surface area contributed by atoms with E-state index in [1.165, 1.54) is 18.9 Å². The van der Waals surface area contributed by atoms with Crippen LogP contribution < -0.4 is 14.2 Å². The molecule has 1 heterocycles. The number of methoxy groups -OCH3 is 2. The third-order valence-corrected chi connectivity index (χ3v) is 4.07. The van der Waals surface area contributed by atoms with Crippen molar-refractivity contribution >= 4 is 6.08 Å². The van der Waals surface area contributed by atoms with Crippen LogP contribution in [-0.4, -0.2) is 20.3 Å². The van der Waals surface area contributed by atoms with Gasteiger partial charge in [0.25, 0.3) is 0 Å². The summed E-state index contributed by atoms with van der Waals surface area (Å²) in [5.41, 5.74) is 2.07. The largest absolute Gasteiger partial charge is 0.493 e. The Hall–Kier alpha value is -2.41. The van der Waals surface area contributed by atoms with Gasteiger partial charge in [0.2, 0.25) is 5.75 Å². The normalized spacial score (nSPS) is 19.4. The molecule has 0 saturated heterocycles. The lowest BCUT2D eigenvalue weighted by molar-refractivity contribution is 0.209. The number of hydrogen-bond acceptors (Lipinski definition) is 4. The van der Waals surface area contributed by atoms with Crippen LogP contribution in [0.3, 0.4) is 0 Å². The fourth-order valence-corrected chi connectivity index (χ4v) is 2.78. The lowest BCUT2D eigenvalue weighted by atomic mass is 9.98. The van der Waals surface area contributed by atoms with Crippen LogP contribution in [0.4, 0.5) is 0 Å². The Morgan fingerprint density at radius 3 is 2.82 bits per heavy atom. The average Bonchev–Trinajstić information content (AvgIpc) is 3.38. The Labute approximate surface area is 130 Å². The molecule has 0 N–H and O–H groups in total. The predicted octanol–water partition coefficient (Wildman–Crippen LogP) is 3.51. The van der Waals surface area contributed by atoms with Gasteiger partial charge in [0.05, 0.1) is 20.3 Å². The number of fused-ring (bicyclic) bond motifs is 1. The highest BCUT2D eigenvalue weighted by molar-refractivity contribution is 5.72. The highest BCUT2D eigenvalue weighted by atomic mass is 16.5. The summed E-state index contributed by atoms with van der Waals surface area (Å²) in [6, 6.07) is 3.96. The lowest BCUT2D eigenvalue weighted by Crippen LogP contribution is -2.20. The molecule has 0 radical (unpaired) electrons. The van der Waals surface area contributed by atoms with Gasteiger partial charge in [-0.25, -0.2) is 0 Å². The zero-order valence-electron chi connectivity index (χ0n) is 12.8. The molecule has 0 bridgehead atoms. The second-order valence-corrected chi connectivity index (χ2v) is 5.53. The highest BCUT2D eigenvalue weighted by Gasteiger charge is 2.35. The Bertz CT molecular complexity index is 666. The molecule has 1 unspecified atom stereocenters. The van der Waals surface area contributed by atoms with Gasteiger partial charge in [-0.3, -0.25) is 0 Å². The number of nitriles is 1. The first-order valence-electron chi connectivity index (χ1n) is 7.45. The molecule has 1 aliphatic heterocycles. The summed E-state index contributed by atoms with van der Waals surface area (Å²) < 4.78 is 17.1. The van der Waals surface area contributed by atoms with Gasteiger partial charge >= 0.3 is 0 Å². The molecule has 1 aromatic rings. The van der Waals surface area contributed by atoms with Gasteiger partial charge in [0, 0.05) is 11.6 Å². The van der Waals surface area contributed by atoms with Crippen LogP contribution in [0, 0.1) is 17.2 Å². The van der Waals surface area contributed by atoms with E-state index >= 15 is 0 Å². The maximum absolute atomic E-state index is 8.65. The molecule has 0 aromatic heterocycles. The second-order valence-electron chi connectivity index (χ2n) is 5.53. The molecule has 0 spiro atoms. The Balaban J connectivity index is 2.04. The van der Waals surface area contributed by atoms with Gasteiger partial charge in [-0.05, 0) is 42.9 Å². The van der Waals surface area contributed by atoms with Crippen LogP contribution in [0.25, 0.3) is 6.08 Å². The summed E-state index contributed by atoms with van der Waals surface area (Å²) in [5, 5.41) is 8.65. The second kappa shape index (κ2) is 6.15. The van der Waals surface area contributed by atoms with E-state index in [-0.39, 0.29) is 6.10 Å². The van der Waals surface area contributed by atoms with Gasteiger partial charge in [-0.2, -0.15) is 5.26 Å². The average molecular weight is 297 g/mol. The van der Waals surface area contributed by atoms with Crippen LogP contribution in [-0.2, 0) is 6.42 Å². The molecule has 4 nitrogen and oxygen atoms in total. The van der Waals surface area contributed by atoms with Gasteiger partial charge in [-0.1, -0.05) is 12.2 Å². The van der Waals surface area contributed by atoms with Crippen molar-refractivity contribution < 1.29 is 14.2 Å². The van der Waals surface area contributed by atoms with Gasteiger partial charge in [0.15, 0.2) is 11.5 Å². The van der Waals surface area contributed by atoms with Crippen LogP contribution in [0.1, 0.15) is 24.0 Å². The monoisotopic (exact) mass is 297 g/mol. The molecular formula is C18H19NO3. The minimum atomic E-state index is 0.121. The summed E-state index contributed by atoms with van der Waals surface area (Å²) in [4.78, 5) is 0. The maximum atomic E-state index is 8.65. The van der Waals surface area contributed by atoms with Crippen LogP contribution in [0.2, 0.25) is 0 Å². The van der Waals surface area contributed by atoms with Gasteiger partial charge < -0.3 is 14.2 Å². The van der Waals surface area contributed by atoms with E-state index in [0.29, 0.717) is 23.8 Å². The summed E-state index contributed by atoms with van der Waals surface area (Å²) in [5.74, 6) is 2.66. The molecule has 0 amide bonds. The van der Waals surface area contributed by atoms with Crippen LogP contribution in [0.5, 0.6) is 17.2 Å². The number of allylic oxidation sites excluding steroid dienone is 2. The molecule has 3 rings (SSSR count). The molecular weight excluding hydrogens is 278 g/mol. The molecule has 1 saturated carbocycles. The fraction of sp³-hybridized carbons (Fsp3) is 0.389. The smallest absolute Gasteiger partial charge is 0.203 e. The molecule has 1 fully saturated rings.